The maximum absolute atomic E-state index is 13.4. The molecular weight excluding hydrogens is 450 g/mol. The van der Waals surface area contributed by atoms with Crippen molar-refractivity contribution in [3.05, 3.63) is 70.8 Å². The molecule has 9 heteroatoms. The van der Waals surface area contributed by atoms with E-state index >= 15 is 0 Å². The molecule has 3 amide bonds. The Morgan fingerprint density at radius 1 is 1.14 bits per heavy atom. The Balaban J connectivity index is 1.79. The molecule has 184 valence electrons. The third-order valence-corrected chi connectivity index (χ3v) is 5.38. The Morgan fingerprint density at radius 3 is 2.49 bits per heavy atom. The van der Waals surface area contributed by atoms with E-state index in [1.54, 1.807) is 0 Å². The molecule has 1 saturated heterocycles. The number of anilines is 1. The van der Waals surface area contributed by atoms with Gasteiger partial charge in [0, 0.05) is 12.1 Å². The van der Waals surface area contributed by atoms with Crippen molar-refractivity contribution in [1.82, 2.24) is 10.2 Å². The quantitative estimate of drug-likeness (QED) is 0.543. The summed E-state index contributed by atoms with van der Waals surface area (Å²) in [6.07, 6.45) is -0.643. The molecule has 0 saturated carbocycles. The maximum atomic E-state index is 13.4. The summed E-state index contributed by atoms with van der Waals surface area (Å²) in [5, 5.41) is 14.1. The summed E-state index contributed by atoms with van der Waals surface area (Å²) in [5.74, 6) is 0.388. The number of aromatic carboxylic acids is 1. The lowest BCUT2D eigenvalue weighted by Gasteiger charge is -2.34. The average Bonchev–Trinajstić information content (AvgIpc) is 3.14. The first-order valence-electron chi connectivity index (χ1n) is 11.2. The van der Waals surface area contributed by atoms with Crippen LogP contribution in [0.3, 0.4) is 0 Å². The highest BCUT2D eigenvalue weighted by atomic mass is 16.5. The second-order valence-electron chi connectivity index (χ2n) is 9.34. The molecule has 1 heterocycles. The van der Waals surface area contributed by atoms with Crippen molar-refractivity contribution in [2.24, 2.45) is 0 Å². The van der Waals surface area contributed by atoms with Gasteiger partial charge in [-0.15, -0.1) is 0 Å². The van der Waals surface area contributed by atoms with Gasteiger partial charge in [-0.3, -0.25) is 4.79 Å². The summed E-state index contributed by atoms with van der Waals surface area (Å²) in [5.41, 5.74) is 1.83. The van der Waals surface area contributed by atoms with Gasteiger partial charge in [-0.25, -0.2) is 14.4 Å². The largest absolute Gasteiger partial charge is 0.478 e. The number of carboxylic acid groups (broad SMARTS) is 1. The fourth-order valence-corrected chi connectivity index (χ4v) is 3.91. The number of hydrogen-bond acceptors (Lipinski definition) is 5. The van der Waals surface area contributed by atoms with Crippen molar-refractivity contribution in [2.75, 3.05) is 11.9 Å². The van der Waals surface area contributed by atoms with Crippen LogP contribution in [0.4, 0.5) is 10.5 Å². The zero-order valence-corrected chi connectivity index (χ0v) is 20.1. The predicted molar refractivity (Wildman–Crippen MR) is 130 cm³/mol. The fraction of sp³-hybridized carbons (Fsp3) is 0.346. The van der Waals surface area contributed by atoms with Crippen LogP contribution in [-0.4, -0.2) is 52.2 Å². The number of nitrogens with one attached hydrogen (secondary N) is 2. The van der Waals surface area contributed by atoms with Crippen molar-refractivity contribution in [3.8, 4) is 0 Å². The van der Waals surface area contributed by atoms with E-state index in [1.807, 2.05) is 57.9 Å². The normalized spacial score (nSPS) is 17.6. The zero-order chi connectivity index (χ0) is 25.8. The molecule has 3 N–H and O–H groups in total. The van der Waals surface area contributed by atoms with E-state index in [1.165, 1.54) is 29.2 Å². The molecule has 35 heavy (non-hydrogen) atoms. The lowest BCUT2D eigenvalue weighted by atomic mass is 10.0. The van der Waals surface area contributed by atoms with Gasteiger partial charge in [-0.05, 0) is 51.5 Å². The number of carbonyl (C=O) groups is 3. The van der Waals surface area contributed by atoms with Crippen LogP contribution in [0.1, 0.15) is 54.7 Å². The summed E-state index contributed by atoms with van der Waals surface area (Å²) in [6.45, 7) is 7.07. The molecule has 9 nitrogen and oxygen atoms in total. The number of amides is 3. The molecule has 2 unspecified atom stereocenters. The Labute approximate surface area is 203 Å². The minimum atomic E-state index is -1.12. The Kier molecular flexibility index (Phi) is 7.74. The number of hydrogen-bond donors (Lipinski definition) is 3. The first-order valence-corrected chi connectivity index (χ1v) is 11.2. The van der Waals surface area contributed by atoms with Crippen molar-refractivity contribution in [1.29, 1.82) is 0 Å². The Hall–Kier alpha value is -3.94. The second-order valence-corrected chi connectivity index (χ2v) is 9.34. The molecule has 1 aliphatic heterocycles. The minimum absolute atomic E-state index is 0.0206. The summed E-state index contributed by atoms with van der Waals surface area (Å²) < 4.78 is 6.08. The molecule has 0 aromatic heterocycles. The zero-order valence-electron chi connectivity index (χ0n) is 20.1. The smallest absolute Gasteiger partial charge is 0.335 e. The number of aryl methyl sites for hydroxylation is 1. The van der Waals surface area contributed by atoms with E-state index in [0.29, 0.717) is 5.57 Å². The Morgan fingerprint density at radius 2 is 1.86 bits per heavy atom. The molecule has 0 spiro atoms. The first kappa shape index (κ1) is 25.7. The minimum Gasteiger partial charge on any atom is -0.478 e. The summed E-state index contributed by atoms with van der Waals surface area (Å²) in [7, 11) is 0. The van der Waals surface area contributed by atoms with Crippen LogP contribution in [0.25, 0.3) is 0 Å². The van der Waals surface area contributed by atoms with Gasteiger partial charge in [0.05, 0.1) is 29.3 Å². The standard InChI is InChI=1S/C26H29N3O6/c1-16-7-5-8-17(11-16)21-13-19(15-30)23(35-26(2,3)4)29(21)22(31)14-27-25(34)28-20-10-6-9-18(12-20)24(32)33/h5-12,21,23H,13-14H2,1-4H3,(H,32,33)(H2,27,28,34). The third-order valence-electron chi connectivity index (χ3n) is 5.38. The van der Waals surface area contributed by atoms with Crippen molar-refractivity contribution in [3.63, 3.8) is 0 Å². The summed E-state index contributed by atoms with van der Waals surface area (Å²) in [6, 6.07) is 12.3. The highest BCUT2D eigenvalue weighted by Crippen LogP contribution is 2.40. The van der Waals surface area contributed by atoms with Gasteiger partial charge < -0.3 is 25.4 Å². The molecule has 0 bridgehead atoms. The van der Waals surface area contributed by atoms with Gasteiger partial charge in [0.15, 0.2) is 6.23 Å². The van der Waals surface area contributed by atoms with E-state index in [0.717, 1.165) is 11.1 Å². The van der Waals surface area contributed by atoms with E-state index in [9.17, 15) is 19.2 Å². The van der Waals surface area contributed by atoms with Crippen LogP contribution in [0.5, 0.6) is 0 Å². The Bertz CT molecular complexity index is 1180. The van der Waals surface area contributed by atoms with Crippen LogP contribution in [0.2, 0.25) is 0 Å². The molecule has 2 aromatic carbocycles. The molecule has 2 atom stereocenters. The van der Waals surface area contributed by atoms with Crippen LogP contribution >= 0.6 is 0 Å². The number of rotatable bonds is 6. The van der Waals surface area contributed by atoms with Crippen LogP contribution < -0.4 is 10.6 Å². The number of nitrogens with zero attached hydrogens (tertiary/aromatic N) is 1. The van der Waals surface area contributed by atoms with Crippen molar-refractivity contribution in [2.45, 2.75) is 52.0 Å². The van der Waals surface area contributed by atoms with E-state index in [2.05, 4.69) is 10.6 Å². The number of benzene rings is 2. The SMILES string of the molecule is Cc1cccc(C2CC(=C=O)C(OC(C)(C)C)N2C(=O)CNC(=O)Nc2cccc(C(=O)O)c2)c1. The van der Waals surface area contributed by atoms with E-state index in [-0.39, 0.29) is 24.2 Å². The third kappa shape index (κ3) is 6.56. The number of carboxylic acids is 1. The van der Waals surface area contributed by atoms with E-state index < -0.39 is 35.8 Å². The molecular formula is C26H29N3O6. The second kappa shape index (κ2) is 10.5. The van der Waals surface area contributed by atoms with Gasteiger partial charge in [0.2, 0.25) is 5.91 Å². The fourth-order valence-electron chi connectivity index (χ4n) is 3.91. The first-order chi connectivity index (χ1) is 16.5. The number of carbonyl (C=O) groups excluding carboxylic acids is 3. The van der Waals surface area contributed by atoms with E-state index in [4.69, 9.17) is 9.84 Å². The van der Waals surface area contributed by atoms with Crippen molar-refractivity contribution < 1.29 is 29.0 Å². The van der Waals surface area contributed by atoms with Gasteiger partial charge in [-0.2, -0.15) is 0 Å². The average molecular weight is 480 g/mol. The molecule has 1 fully saturated rings. The summed E-state index contributed by atoms with van der Waals surface area (Å²) >= 11 is 0. The highest BCUT2D eigenvalue weighted by Gasteiger charge is 2.44. The van der Waals surface area contributed by atoms with Crippen LogP contribution in [-0.2, 0) is 14.3 Å². The molecule has 1 aliphatic rings. The molecule has 3 rings (SSSR count). The van der Waals surface area contributed by atoms with Crippen LogP contribution in [0.15, 0.2) is 54.1 Å². The highest BCUT2D eigenvalue weighted by molar-refractivity contribution is 5.94. The maximum Gasteiger partial charge on any atom is 0.335 e. The number of likely N-dealkylation sites (tertiary alicyclic amines) is 1. The topological polar surface area (TPSA) is 125 Å². The number of ether oxygens (including phenoxy) is 1. The number of urea groups is 1. The summed E-state index contributed by atoms with van der Waals surface area (Å²) in [4.78, 5) is 50.1. The lowest BCUT2D eigenvalue weighted by Crippen LogP contribution is -2.47. The van der Waals surface area contributed by atoms with Crippen LogP contribution in [0, 0.1) is 6.92 Å². The molecule has 2 aromatic rings. The molecule has 0 radical (unpaired) electrons. The van der Waals surface area contributed by atoms with Gasteiger partial charge >= 0.3 is 12.0 Å². The van der Waals surface area contributed by atoms with Crippen molar-refractivity contribution >= 4 is 29.5 Å². The monoisotopic (exact) mass is 479 g/mol. The molecule has 0 aliphatic carbocycles. The van der Waals surface area contributed by atoms with Gasteiger partial charge in [0.1, 0.15) is 5.94 Å². The predicted octanol–water partition coefficient (Wildman–Crippen LogP) is 3.69. The lowest BCUT2D eigenvalue weighted by molar-refractivity contribution is -0.153. The van der Waals surface area contributed by atoms with Gasteiger partial charge in [0.25, 0.3) is 0 Å². The van der Waals surface area contributed by atoms with Gasteiger partial charge in [-0.1, -0.05) is 35.9 Å².